The van der Waals surface area contributed by atoms with E-state index in [4.69, 9.17) is 9.47 Å². The van der Waals surface area contributed by atoms with Crippen LogP contribution >= 0.6 is 11.3 Å². The molecule has 0 radical (unpaired) electrons. The van der Waals surface area contributed by atoms with Gasteiger partial charge in [0.1, 0.15) is 6.10 Å². The highest BCUT2D eigenvalue weighted by Gasteiger charge is 2.39. The van der Waals surface area contributed by atoms with Crippen LogP contribution in [0.4, 0.5) is 0 Å². The van der Waals surface area contributed by atoms with Crippen LogP contribution in [0.15, 0.2) is 29.0 Å². The summed E-state index contributed by atoms with van der Waals surface area (Å²) in [5.41, 5.74) is 2.10. The van der Waals surface area contributed by atoms with Gasteiger partial charge in [0.2, 0.25) is 5.91 Å². The fourth-order valence-electron chi connectivity index (χ4n) is 3.34. The number of hydrogen-bond acceptors (Lipinski definition) is 4. The van der Waals surface area contributed by atoms with Crippen LogP contribution in [0.5, 0.6) is 0 Å². The van der Waals surface area contributed by atoms with E-state index in [2.05, 4.69) is 18.0 Å². The van der Waals surface area contributed by atoms with Crippen molar-refractivity contribution in [3.63, 3.8) is 0 Å². The number of carbonyl (C=O) groups is 1. The first-order valence-corrected chi connectivity index (χ1v) is 8.74. The Morgan fingerprint density at radius 1 is 1.45 bits per heavy atom. The number of thiophene rings is 1. The molecule has 2 aliphatic rings. The fraction of sp³-hybridized carbons (Fsp3) is 0.588. The molecule has 5 heteroatoms. The summed E-state index contributed by atoms with van der Waals surface area (Å²) < 4.78 is 11.7. The Kier molecular flexibility index (Phi) is 4.66. The predicted molar refractivity (Wildman–Crippen MR) is 86.8 cm³/mol. The molecule has 1 aromatic rings. The van der Waals surface area contributed by atoms with Gasteiger partial charge in [-0.2, -0.15) is 11.3 Å². The van der Waals surface area contributed by atoms with Gasteiger partial charge in [0.25, 0.3) is 0 Å². The third-order valence-electron chi connectivity index (χ3n) is 4.38. The zero-order chi connectivity index (χ0) is 15.7. The molecule has 2 saturated heterocycles. The van der Waals surface area contributed by atoms with Crippen molar-refractivity contribution in [2.45, 2.75) is 38.6 Å². The first-order valence-electron chi connectivity index (χ1n) is 7.79. The molecule has 3 rings (SSSR count). The lowest BCUT2D eigenvalue weighted by atomic mass is 9.94. The van der Waals surface area contributed by atoms with E-state index in [1.165, 1.54) is 0 Å². The quantitative estimate of drug-likeness (QED) is 0.803. The number of hydrogen-bond donors (Lipinski definition) is 0. The molecule has 2 fully saturated rings. The van der Waals surface area contributed by atoms with Gasteiger partial charge in [0.05, 0.1) is 24.7 Å². The van der Waals surface area contributed by atoms with Gasteiger partial charge < -0.3 is 14.4 Å². The van der Waals surface area contributed by atoms with Gasteiger partial charge in [-0.05, 0) is 42.7 Å². The van der Waals surface area contributed by atoms with Gasteiger partial charge in [0.15, 0.2) is 0 Å². The molecule has 4 atom stereocenters. The highest BCUT2D eigenvalue weighted by molar-refractivity contribution is 7.07. The molecule has 2 aliphatic heterocycles. The van der Waals surface area contributed by atoms with Crippen LogP contribution in [-0.2, 0) is 14.3 Å². The second-order valence-corrected chi connectivity index (χ2v) is 7.05. The Morgan fingerprint density at radius 3 is 2.95 bits per heavy atom. The minimum atomic E-state index is -0.134. The molecule has 0 aromatic carbocycles. The average molecular weight is 321 g/mol. The van der Waals surface area contributed by atoms with Crippen molar-refractivity contribution in [2.24, 2.45) is 5.92 Å². The summed E-state index contributed by atoms with van der Waals surface area (Å²) in [6, 6.07) is 2.07. The van der Waals surface area contributed by atoms with E-state index in [1.54, 1.807) is 11.3 Å². The van der Waals surface area contributed by atoms with E-state index < -0.39 is 0 Å². The summed E-state index contributed by atoms with van der Waals surface area (Å²) in [7, 11) is 0. The van der Waals surface area contributed by atoms with Crippen molar-refractivity contribution in [3.8, 4) is 0 Å². The van der Waals surface area contributed by atoms with Gasteiger partial charge >= 0.3 is 0 Å². The molecular formula is C17H23NO3S. The second kappa shape index (κ2) is 6.52. The van der Waals surface area contributed by atoms with Crippen molar-refractivity contribution in [1.82, 2.24) is 4.90 Å². The van der Waals surface area contributed by atoms with Gasteiger partial charge in [0, 0.05) is 13.2 Å². The first kappa shape index (κ1) is 15.7. The molecule has 3 heterocycles. The minimum Gasteiger partial charge on any atom is -0.373 e. The summed E-state index contributed by atoms with van der Waals surface area (Å²) >= 11 is 1.66. The Hall–Kier alpha value is -1.17. The summed E-state index contributed by atoms with van der Waals surface area (Å²) in [4.78, 5) is 14.9. The third-order valence-corrected chi connectivity index (χ3v) is 5.08. The fourth-order valence-corrected chi connectivity index (χ4v) is 4.04. The second-order valence-electron chi connectivity index (χ2n) is 6.27. The summed E-state index contributed by atoms with van der Waals surface area (Å²) in [5.74, 6) is 0.0896. The average Bonchev–Trinajstić information content (AvgIpc) is 3.17. The molecule has 120 valence electrons. The number of amides is 1. The van der Waals surface area contributed by atoms with Crippen LogP contribution in [-0.4, -0.2) is 42.7 Å². The normalized spacial score (nSPS) is 32.2. The zero-order valence-corrected chi connectivity index (χ0v) is 14.0. The van der Waals surface area contributed by atoms with Crippen LogP contribution in [0, 0.1) is 5.92 Å². The lowest BCUT2D eigenvalue weighted by Crippen LogP contribution is -2.49. The Balaban J connectivity index is 1.73. The molecule has 0 unspecified atom stereocenters. The number of carbonyl (C=O) groups excluding carboxylic acids is 1. The molecule has 0 saturated carbocycles. The van der Waals surface area contributed by atoms with Gasteiger partial charge in [-0.1, -0.05) is 12.2 Å². The standard InChI is InChI=1S/C17H23NO3S/c1-11(2)16-14(4-6-20-16)17(19)18-8-12(3)21-15(9-18)13-5-7-22-10-13/h5,7,10,12,14-16H,1,4,6,8-9H2,2-3H3/t12-,14+,15-,16+/m0/s1. The lowest BCUT2D eigenvalue weighted by Gasteiger charge is -2.38. The SMILES string of the molecule is C=C(C)[C@H]1OCC[C@H]1C(=O)N1C[C@@H](c2ccsc2)O[C@@H](C)C1. The van der Waals surface area contributed by atoms with E-state index in [-0.39, 0.29) is 30.1 Å². The topological polar surface area (TPSA) is 38.8 Å². The van der Waals surface area contributed by atoms with Crippen molar-refractivity contribution in [1.29, 1.82) is 0 Å². The van der Waals surface area contributed by atoms with E-state index in [9.17, 15) is 4.79 Å². The highest BCUT2D eigenvalue weighted by atomic mass is 32.1. The van der Waals surface area contributed by atoms with Crippen molar-refractivity contribution < 1.29 is 14.3 Å². The molecule has 0 bridgehead atoms. The largest absolute Gasteiger partial charge is 0.373 e. The molecule has 0 spiro atoms. The van der Waals surface area contributed by atoms with Crippen LogP contribution in [0.25, 0.3) is 0 Å². The third kappa shape index (κ3) is 3.12. The minimum absolute atomic E-state index is 0.0236. The predicted octanol–water partition coefficient (Wildman–Crippen LogP) is 3.02. The maximum atomic E-state index is 12.9. The van der Waals surface area contributed by atoms with Crippen molar-refractivity contribution >= 4 is 17.2 Å². The molecule has 4 nitrogen and oxygen atoms in total. The molecule has 0 aliphatic carbocycles. The monoisotopic (exact) mass is 321 g/mol. The summed E-state index contributed by atoms with van der Waals surface area (Å²) in [5, 5.41) is 4.15. The molecule has 1 amide bonds. The number of ether oxygens (including phenoxy) is 2. The van der Waals surface area contributed by atoms with Crippen molar-refractivity contribution in [2.75, 3.05) is 19.7 Å². The maximum Gasteiger partial charge on any atom is 0.228 e. The van der Waals surface area contributed by atoms with E-state index in [0.29, 0.717) is 19.7 Å². The van der Waals surface area contributed by atoms with Gasteiger partial charge in [-0.15, -0.1) is 0 Å². The van der Waals surface area contributed by atoms with E-state index in [1.807, 2.05) is 24.1 Å². The van der Waals surface area contributed by atoms with Crippen LogP contribution < -0.4 is 0 Å². The summed E-state index contributed by atoms with van der Waals surface area (Å²) in [6.07, 6.45) is 0.675. The molecule has 0 N–H and O–H groups in total. The number of rotatable bonds is 3. The Labute approximate surface area is 135 Å². The van der Waals surface area contributed by atoms with Gasteiger partial charge in [-0.25, -0.2) is 0 Å². The number of morpholine rings is 1. The smallest absolute Gasteiger partial charge is 0.228 e. The van der Waals surface area contributed by atoms with Gasteiger partial charge in [-0.3, -0.25) is 4.79 Å². The first-order chi connectivity index (χ1) is 10.6. The highest BCUT2D eigenvalue weighted by Crippen LogP contribution is 2.31. The number of nitrogens with zero attached hydrogens (tertiary/aromatic N) is 1. The van der Waals surface area contributed by atoms with E-state index in [0.717, 1.165) is 17.6 Å². The van der Waals surface area contributed by atoms with Crippen LogP contribution in [0.3, 0.4) is 0 Å². The van der Waals surface area contributed by atoms with Crippen LogP contribution in [0.1, 0.15) is 31.9 Å². The Morgan fingerprint density at radius 2 is 2.27 bits per heavy atom. The lowest BCUT2D eigenvalue weighted by molar-refractivity contribution is -0.150. The zero-order valence-electron chi connectivity index (χ0n) is 13.2. The molecule has 22 heavy (non-hydrogen) atoms. The van der Waals surface area contributed by atoms with E-state index >= 15 is 0 Å². The van der Waals surface area contributed by atoms with Crippen molar-refractivity contribution in [3.05, 3.63) is 34.5 Å². The maximum absolute atomic E-state index is 12.9. The summed E-state index contributed by atoms with van der Waals surface area (Å²) in [6.45, 7) is 9.85. The Bertz CT molecular complexity index is 542. The molecule has 1 aromatic heterocycles. The van der Waals surface area contributed by atoms with Crippen LogP contribution in [0.2, 0.25) is 0 Å². The molecular weight excluding hydrogens is 298 g/mol.